The van der Waals surface area contributed by atoms with Crippen LogP contribution >= 0.6 is 0 Å². The van der Waals surface area contributed by atoms with Crippen molar-refractivity contribution in [1.29, 1.82) is 0 Å². The van der Waals surface area contributed by atoms with Gasteiger partial charge in [0.25, 0.3) is 0 Å². The number of nitrogens with zero attached hydrogens (tertiary/aromatic N) is 3. The van der Waals surface area contributed by atoms with Gasteiger partial charge >= 0.3 is 0 Å². The Morgan fingerprint density at radius 3 is 3.14 bits per heavy atom. The molecule has 1 N–H and O–H groups in total. The Hall–Kier alpha value is -2.21. The van der Waals surface area contributed by atoms with Crippen molar-refractivity contribution < 1.29 is 9.53 Å². The molecule has 1 aromatic heterocycles. The number of nitrogens with one attached hydrogen (secondary N) is 1. The van der Waals surface area contributed by atoms with E-state index in [-0.39, 0.29) is 12.0 Å². The van der Waals surface area contributed by atoms with E-state index in [1.807, 2.05) is 30.5 Å². The summed E-state index contributed by atoms with van der Waals surface area (Å²) in [7, 11) is 0. The maximum Gasteiger partial charge on any atom is 0.237 e. The van der Waals surface area contributed by atoms with Crippen LogP contribution in [0.4, 0.5) is 5.69 Å². The SMILES string of the molecule is CCc1cn(CC2CC3(CO2)C(=O)Nc2ccccc23)nn1. The molecule has 22 heavy (non-hydrogen) atoms. The van der Waals surface area contributed by atoms with Gasteiger partial charge in [-0.2, -0.15) is 0 Å². The van der Waals surface area contributed by atoms with Crippen LogP contribution in [0.5, 0.6) is 0 Å². The second-order valence-electron chi connectivity index (χ2n) is 6.00. The van der Waals surface area contributed by atoms with Crippen LogP contribution in [-0.4, -0.2) is 33.6 Å². The standard InChI is InChI=1S/C16H18N4O2/c1-2-11-8-20(19-18-11)9-12-7-16(10-22-12)13-5-3-4-6-14(13)17-15(16)21/h3-6,8,12H,2,7,9-10H2,1H3,(H,17,21). The number of fused-ring (bicyclic) bond motifs is 2. The number of carbonyl (C=O) groups is 1. The number of anilines is 1. The number of carbonyl (C=O) groups excluding carboxylic acids is 1. The minimum absolute atomic E-state index is 0.0247. The third kappa shape index (κ3) is 1.94. The van der Waals surface area contributed by atoms with Gasteiger partial charge in [0.15, 0.2) is 0 Å². The summed E-state index contributed by atoms with van der Waals surface area (Å²) in [6, 6.07) is 7.87. The smallest absolute Gasteiger partial charge is 0.237 e. The molecule has 114 valence electrons. The third-order valence-corrected chi connectivity index (χ3v) is 4.61. The molecule has 3 heterocycles. The summed E-state index contributed by atoms with van der Waals surface area (Å²) in [6.07, 6.45) is 3.46. The minimum Gasteiger partial charge on any atom is -0.375 e. The number of aromatic nitrogens is 3. The Bertz CT molecular complexity index is 726. The van der Waals surface area contributed by atoms with Gasteiger partial charge in [-0.3, -0.25) is 4.79 Å². The Balaban J connectivity index is 1.56. The van der Waals surface area contributed by atoms with Gasteiger partial charge in [0.05, 0.1) is 24.9 Å². The quantitative estimate of drug-likeness (QED) is 0.933. The fourth-order valence-electron chi connectivity index (χ4n) is 3.40. The van der Waals surface area contributed by atoms with E-state index < -0.39 is 5.41 Å². The molecule has 0 saturated carbocycles. The van der Waals surface area contributed by atoms with Gasteiger partial charge in [0, 0.05) is 11.9 Å². The van der Waals surface area contributed by atoms with E-state index in [4.69, 9.17) is 4.74 Å². The van der Waals surface area contributed by atoms with Gasteiger partial charge in [0.1, 0.15) is 5.41 Å². The van der Waals surface area contributed by atoms with Crippen molar-refractivity contribution in [3.05, 3.63) is 41.7 Å². The fourth-order valence-corrected chi connectivity index (χ4v) is 3.40. The minimum atomic E-state index is -0.546. The highest BCUT2D eigenvalue weighted by molar-refractivity contribution is 6.06. The number of amides is 1. The normalized spacial score (nSPS) is 26.4. The van der Waals surface area contributed by atoms with Crippen LogP contribution in [-0.2, 0) is 27.9 Å². The molecule has 0 aliphatic carbocycles. The molecule has 2 unspecified atom stereocenters. The van der Waals surface area contributed by atoms with Crippen molar-refractivity contribution in [2.24, 2.45) is 0 Å². The number of para-hydroxylation sites is 1. The zero-order chi connectivity index (χ0) is 15.2. The Morgan fingerprint density at radius 2 is 2.32 bits per heavy atom. The van der Waals surface area contributed by atoms with Crippen molar-refractivity contribution in [3.8, 4) is 0 Å². The van der Waals surface area contributed by atoms with Crippen LogP contribution in [0, 0.1) is 0 Å². The zero-order valence-electron chi connectivity index (χ0n) is 12.5. The van der Waals surface area contributed by atoms with Crippen LogP contribution in [0.15, 0.2) is 30.5 Å². The molecule has 0 bridgehead atoms. The van der Waals surface area contributed by atoms with Gasteiger partial charge in [-0.15, -0.1) is 5.10 Å². The number of hydrogen-bond donors (Lipinski definition) is 1. The fraction of sp³-hybridized carbons (Fsp3) is 0.438. The Morgan fingerprint density at radius 1 is 1.45 bits per heavy atom. The summed E-state index contributed by atoms with van der Waals surface area (Å²) >= 11 is 0. The highest BCUT2D eigenvalue weighted by Crippen LogP contribution is 2.45. The lowest BCUT2D eigenvalue weighted by atomic mass is 9.79. The van der Waals surface area contributed by atoms with Crippen molar-refractivity contribution in [2.75, 3.05) is 11.9 Å². The van der Waals surface area contributed by atoms with Gasteiger partial charge in [-0.1, -0.05) is 30.3 Å². The maximum absolute atomic E-state index is 12.5. The van der Waals surface area contributed by atoms with E-state index in [0.29, 0.717) is 19.6 Å². The van der Waals surface area contributed by atoms with Crippen LogP contribution < -0.4 is 5.32 Å². The molecule has 2 atom stereocenters. The van der Waals surface area contributed by atoms with Gasteiger partial charge in [-0.05, 0) is 24.5 Å². The largest absolute Gasteiger partial charge is 0.375 e. The molecule has 0 radical (unpaired) electrons. The van der Waals surface area contributed by atoms with E-state index in [1.54, 1.807) is 4.68 Å². The van der Waals surface area contributed by atoms with E-state index >= 15 is 0 Å². The highest BCUT2D eigenvalue weighted by atomic mass is 16.5. The van der Waals surface area contributed by atoms with Crippen LogP contribution in [0.3, 0.4) is 0 Å². The Kier molecular flexibility index (Phi) is 3.00. The first-order valence-corrected chi connectivity index (χ1v) is 7.63. The van der Waals surface area contributed by atoms with Crippen LogP contribution in [0.1, 0.15) is 24.6 Å². The van der Waals surface area contributed by atoms with Crippen molar-refractivity contribution >= 4 is 11.6 Å². The summed E-state index contributed by atoms with van der Waals surface area (Å²) in [6.45, 7) is 3.11. The lowest BCUT2D eigenvalue weighted by molar-refractivity contribution is -0.120. The molecule has 6 heteroatoms. The van der Waals surface area contributed by atoms with Gasteiger partial charge in [-0.25, -0.2) is 4.68 Å². The van der Waals surface area contributed by atoms with E-state index in [1.165, 1.54) is 0 Å². The van der Waals surface area contributed by atoms with Crippen LogP contribution in [0.2, 0.25) is 0 Å². The van der Waals surface area contributed by atoms with E-state index in [9.17, 15) is 4.79 Å². The molecule has 1 spiro atoms. The molecule has 6 nitrogen and oxygen atoms in total. The predicted molar refractivity (Wildman–Crippen MR) is 80.5 cm³/mol. The second kappa shape index (κ2) is 4.91. The molecule has 1 saturated heterocycles. The highest BCUT2D eigenvalue weighted by Gasteiger charge is 2.52. The first-order valence-electron chi connectivity index (χ1n) is 7.63. The summed E-state index contributed by atoms with van der Waals surface area (Å²) in [5.74, 6) is 0.0454. The number of aryl methyl sites for hydroxylation is 1. The lowest BCUT2D eigenvalue weighted by Crippen LogP contribution is -2.35. The molecule has 1 aromatic carbocycles. The maximum atomic E-state index is 12.5. The third-order valence-electron chi connectivity index (χ3n) is 4.61. The van der Waals surface area contributed by atoms with Gasteiger partial charge < -0.3 is 10.1 Å². The van der Waals surface area contributed by atoms with Crippen LogP contribution in [0.25, 0.3) is 0 Å². The predicted octanol–water partition coefficient (Wildman–Crippen LogP) is 1.52. The van der Waals surface area contributed by atoms with Crippen molar-refractivity contribution in [3.63, 3.8) is 0 Å². The molecule has 2 aliphatic rings. The number of benzene rings is 1. The number of rotatable bonds is 3. The van der Waals surface area contributed by atoms with Crippen molar-refractivity contribution in [2.45, 2.75) is 37.8 Å². The Labute approximate surface area is 128 Å². The zero-order valence-corrected chi connectivity index (χ0v) is 12.5. The van der Waals surface area contributed by atoms with Gasteiger partial charge in [0.2, 0.25) is 5.91 Å². The molecule has 1 fully saturated rings. The molecular weight excluding hydrogens is 280 g/mol. The summed E-state index contributed by atoms with van der Waals surface area (Å²) in [5.41, 5.74) is 2.38. The second-order valence-corrected chi connectivity index (χ2v) is 6.00. The van der Waals surface area contributed by atoms with Crippen molar-refractivity contribution in [1.82, 2.24) is 15.0 Å². The molecule has 1 amide bonds. The summed E-state index contributed by atoms with van der Waals surface area (Å²) in [4.78, 5) is 12.5. The lowest BCUT2D eigenvalue weighted by Gasteiger charge is -2.19. The molecular formula is C16H18N4O2. The summed E-state index contributed by atoms with van der Waals surface area (Å²) in [5, 5.41) is 11.2. The number of hydrogen-bond acceptors (Lipinski definition) is 4. The van der Waals surface area contributed by atoms with E-state index in [0.717, 1.165) is 23.4 Å². The van der Waals surface area contributed by atoms with E-state index in [2.05, 4.69) is 22.6 Å². The monoisotopic (exact) mass is 298 g/mol. The summed E-state index contributed by atoms with van der Waals surface area (Å²) < 4.78 is 7.72. The first kappa shape index (κ1) is 13.5. The molecule has 2 aliphatic heterocycles. The number of ether oxygens (including phenoxy) is 1. The molecule has 2 aromatic rings. The molecule has 4 rings (SSSR count). The first-order chi connectivity index (χ1) is 10.7. The topological polar surface area (TPSA) is 69.0 Å². The average Bonchev–Trinajstić information content (AvgIpc) is 3.21. The average molecular weight is 298 g/mol.